The molecule has 3 aliphatic rings. The van der Waals surface area contributed by atoms with Gasteiger partial charge in [0.2, 0.25) is 0 Å². The second-order valence-electron chi connectivity index (χ2n) is 5.38. The normalized spacial score (nSPS) is 31.5. The van der Waals surface area contributed by atoms with E-state index < -0.39 is 0 Å². The van der Waals surface area contributed by atoms with Crippen LogP contribution in [0.5, 0.6) is 0 Å². The minimum Gasteiger partial charge on any atom is -0.335 e. The van der Waals surface area contributed by atoms with Crippen LogP contribution in [0.4, 0.5) is 0 Å². The Kier molecular flexibility index (Phi) is 4.91. The highest BCUT2D eigenvalue weighted by molar-refractivity contribution is 6.30. The Morgan fingerprint density at radius 3 is 2.65 bits per heavy atom. The lowest BCUT2D eigenvalue weighted by atomic mass is 9.82. The summed E-state index contributed by atoms with van der Waals surface area (Å²) in [6.45, 7) is 2.05. The second-order valence-corrected chi connectivity index (χ2v) is 5.82. The summed E-state index contributed by atoms with van der Waals surface area (Å²) in [5.74, 6) is 0.435. The van der Waals surface area contributed by atoms with E-state index in [2.05, 4.69) is 10.2 Å². The number of amides is 1. The van der Waals surface area contributed by atoms with Gasteiger partial charge in [-0.25, -0.2) is 0 Å². The summed E-state index contributed by atoms with van der Waals surface area (Å²) in [5, 5.41) is 3.62. The zero-order valence-corrected chi connectivity index (χ0v) is 12.7. The maximum absolute atomic E-state index is 12.2. The number of hydrogen-bond donors (Lipinski definition) is 2. The number of fused-ring (bicyclic) bond motifs is 3. The Morgan fingerprint density at radius 2 is 2.05 bits per heavy atom. The molecule has 0 aliphatic carbocycles. The van der Waals surface area contributed by atoms with E-state index in [4.69, 9.17) is 17.3 Å². The molecular formula is C14H19Cl2N3O. The molecule has 1 aromatic carbocycles. The SMILES string of the molecule is Cl.NC1C2CCN(CC2)[C@H]1NC(=O)c1cccc(Cl)c1. The van der Waals surface area contributed by atoms with Gasteiger partial charge in [-0.05, 0) is 37.0 Å². The number of nitrogens with two attached hydrogens (primary N) is 1. The Hall–Kier alpha value is -0.810. The number of benzene rings is 1. The Labute approximate surface area is 130 Å². The van der Waals surface area contributed by atoms with Crippen molar-refractivity contribution in [3.63, 3.8) is 0 Å². The molecular weight excluding hydrogens is 297 g/mol. The minimum atomic E-state index is -0.101. The quantitative estimate of drug-likeness (QED) is 0.876. The molecule has 3 N–H and O–H groups in total. The number of carbonyl (C=O) groups is 1. The van der Waals surface area contributed by atoms with Crippen molar-refractivity contribution in [3.05, 3.63) is 34.9 Å². The molecule has 1 aromatic rings. The van der Waals surface area contributed by atoms with Crippen LogP contribution in [0.1, 0.15) is 23.2 Å². The standard InChI is InChI=1S/C14H18ClN3O.ClH/c15-11-3-1-2-10(8-11)14(19)17-13-12(16)9-4-6-18(13)7-5-9;/h1-3,8-9,12-13H,4-7,16H2,(H,17,19);1H/t12?,13-;/m1./s1. The molecule has 0 saturated carbocycles. The lowest BCUT2D eigenvalue weighted by Crippen LogP contribution is -2.67. The average Bonchev–Trinajstić information content (AvgIpc) is 2.43. The summed E-state index contributed by atoms with van der Waals surface area (Å²) in [5.41, 5.74) is 6.82. The van der Waals surface area contributed by atoms with Gasteiger partial charge in [0.15, 0.2) is 0 Å². The molecule has 4 nitrogen and oxygen atoms in total. The first-order chi connectivity index (χ1) is 9.15. The Morgan fingerprint density at radius 1 is 1.35 bits per heavy atom. The zero-order valence-electron chi connectivity index (χ0n) is 11.1. The first kappa shape index (κ1) is 15.6. The van der Waals surface area contributed by atoms with E-state index in [1.54, 1.807) is 24.3 Å². The fraction of sp³-hybridized carbons (Fsp3) is 0.500. The number of piperidine rings is 3. The summed E-state index contributed by atoms with van der Waals surface area (Å²) in [4.78, 5) is 14.5. The number of halogens is 2. The Bertz CT molecular complexity index is 487. The van der Waals surface area contributed by atoms with Crippen molar-refractivity contribution in [1.82, 2.24) is 10.2 Å². The van der Waals surface area contributed by atoms with E-state index in [0.29, 0.717) is 16.5 Å². The minimum absolute atomic E-state index is 0. The number of nitrogens with zero attached hydrogens (tertiary/aromatic N) is 1. The van der Waals surface area contributed by atoms with Gasteiger partial charge in [0.25, 0.3) is 5.91 Å². The average molecular weight is 316 g/mol. The first-order valence-corrected chi connectivity index (χ1v) is 7.09. The van der Waals surface area contributed by atoms with Crippen molar-refractivity contribution < 1.29 is 4.79 Å². The Balaban J connectivity index is 0.00000147. The van der Waals surface area contributed by atoms with Crippen LogP contribution >= 0.6 is 24.0 Å². The highest BCUT2D eigenvalue weighted by Crippen LogP contribution is 2.30. The van der Waals surface area contributed by atoms with Crippen LogP contribution in [0.3, 0.4) is 0 Å². The van der Waals surface area contributed by atoms with Crippen LogP contribution < -0.4 is 11.1 Å². The van der Waals surface area contributed by atoms with Gasteiger partial charge < -0.3 is 11.1 Å². The smallest absolute Gasteiger partial charge is 0.252 e. The van der Waals surface area contributed by atoms with Crippen LogP contribution in [0.25, 0.3) is 0 Å². The third-order valence-electron chi connectivity index (χ3n) is 4.24. The van der Waals surface area contributed by atoms with Gasteiger partial charge in [-0.1, -0.05) is 17.7 Å². The maximum Gasteiger partial charge on any atom is 0.252 e. The van der Waals surface area contributed by atoms with E-state index in [1.165, 1.54) is 0 Å². The predicted octanol–water partition coefficient (Wildman–Crippen LogP) is 1.87. The predicted molar refractivity (Wildman–Crippen MR) is 82.2 cm³/mol. The summed E-state index contributed by atoms with van der Waals surface area (Å²) in [6, 6.07) is 7.02. The lowest BCUT2D eigenvalue weighted by molar-refractivity contribution is 0.0115. The van der Waals surface area contributed by atoms with E-state index in [-0.39, 0.29) is 30.5 Å². The molecule has 1 unspecified atom stereocenters. The molecule has 4 rings (SSSR count). The highest BCUT2D eigenvalue weighted by atomic mass is 35.5. The molecule has 110 valence electrons. The molecule has 3 fully saturated rings. The van der Waals surface area contributed by atoms with E-state index in [1.807, 2.05) is 0 Å². The highest BCUT2D eigenvalue weighted by Gasteiger charge is 2.40. The molecule has 3 heterocycles. The van der Waals surface area contributed by atoms with Crippen molar-refractivity contribution in [2.24, 2.45) is 11.7 Å². The van der Waals surface area contributed by atoms with E-state index >= 15 is 0 Å². The van der Waals surface area contributed by atoms with Crippen LogP contribution in [0, 0.1) is 5.92 Å². The van der Waals surface area contributed by atoms with Gasteiger partial charge in [-0.15, -0.1) is 12.4 Å². The number of carbonyl (C=O) groups excluding carboxylic acids is 1. The fourth-order valence-corrected chi connectivity index (χ4v) is 3.31. The van der Waals surface area contributed by atoms with Crippen molar-refractivity contribution in [3.8, 4) is 0 Å². The third-order valence-corrected chi connectivity index (χ3v) is 4.48. The molecule has 3 aliphatic heterocycles. The summed E-state index contributed by atoms with van der Waals surface area (Å²) < 4.78 is 0. The second kappa shape index (κ2) is 6.31. The molecule has 2 bridgehead atoms. The molecule has 0 radical (unpaired) electrons. The summed E-state index contributed by atoms with van der Waals surface area (Å²) in [6.07, 6.45) is 2.24. The molecule has 0 aromatic heterocycles. The van der Waals surface area contributed by atoms with Crippen molar-refractivity contribution >= 4 is 29.9 Å². The molecule has 2 atom stereocenters. The van der Waals surface area contributed by atoms with Gasteiger partial charge in [0, 0.05) is 29.7 Å². The molecule has 1 amide bonds. The third kappa shape index (κ3) is 2.93. The van der Waals surface area contributed by atoms with Crippen LogP contribution in [0.15, 0.2) is 24.3 Å². The van der Waals surface area contributed by atoms with Crippen molar-refractivity contribution in [1.29, 1.82) is 0 Å². The van der Waals surface area contributed by atoms with Crippen molar-refractivity contribution in [2.45, 2.75) is 25.0 Å². The molecule has 20 heavy (non-hydrogen) atoms. The largest absolute Gasteiger partial charge is 0.335 e. The fourth-order valence-electron chi connectivity index (χ4n) is 3.12. The summed E-state index contributed by atoms with van der Waals surface area (Å²) >= 11 is 5.91. The maximum atomic E-state index is 12.2. The van der Waals surface area contributed by atoms with Crippen LogP contribution in [-0.2, 0) is 0 Å². The van der Waals surface area contributed by atoms with Gasteiger partial charge in [0.1, 0.15) is 0 Å². The molecule has 3 saturated heterocycles. The van der Waals surface area contributed by atoms with Crippen LogP contribution in [0.2, 0.25) is 5.02 Å². The lowest BCUT2D eigenvalue weighted by Gasteiger charge is -2.49. The topological polar surface area (TPSA) is 58.4 Å². The van der Waals surface area contributed by atoms with Gasteiger partial charge in [-0.3, -0.25) is 9.69 Å². The van der Waals surface area contributed by atoms with E-state index in [0.717, 1.165) is 25.9 Å². The number of hydrogen-bond acceptors (Lipinski definition) is 3. The van der Waals surface area contributed by atoms with Crippen molar-refractivity contribution in [2.75, 3.05) is 13.1 Å². The van der Waals surface area contributed by atoms with Gasteiger partial charge in [0.05, 0.1) is 6.17 Å². The van der Waals surface area contributed by atoms with Gasteiger partial charge >= 0.3 is 0 Å². The number of nitrogens with one attached hydrogen (secondary N) is 1. The number of rotatable bonds is 2. The zero-order chi connectivity index (χ0) is 13.4. The molecule has 0 spiro atoms. The summed E-state index contributed by atoms with van der Waals surface area (Å²) in [7, 11) is 0. The van der Waals surface area contributed by atoms with Gasteiger partial charge in [-0.2, -0.15) is 0 Å². The first-order valence-electron chi connectivity index (χ1n) is 6.71. The molecule has 6 heteroatoms. The van der Waals surface area contributed by atoms with Crippen LogP contribution in [-0.4, -0.2) is 36.1 Å². The van der Waals surface area contributed by atoms with E-state index in [9.17, 15) is 4.79 Å². The monoisotopic (exact) mass is 315 g/mol.